The molecular formula is C20H23N3O4. The summed E-state index contributed by atoms with van der Waals surface area (Å²) >= 11 is 0. The van der Waals surface area contributed by atoms with Crippen molar-refractivity contribution in [1.82, 2.24) is 15.0 Å². The normalized spacial score (nSPS) is 17.1. The zero-order valence-corrected chi connectivity index (χ0v) is 15.8. The van der Waals surface area contributed by atoms with Gasteiger partial charge in [-0.3, -0.25) is 4.79 Å². The summed E-state index contributed by atoms with van der Waals surface area (Å²) in [7, 11) is 1.63. The summed E-state index contributed by atoms with van der Waals surface area (Å²) in [6.07, 6.45) is 2.28. The van der Waals surface area contributed by atoms with E-state index in [9.17, 15) is 4.79 Å². The third kappa shape index (κ3) is 3.23. The van der Waals surface area contributed by atoms with Gasteiger partial charge in [-0.1, -0.05) is 17.3 Å². The number of likely N-dealkylation sites (tertiary alicyclic amines) is 1. The van der Waals surface area contributed by atoms with Crippen molar-refractivity contribution in [3.63, 3.8) is 0 Å². The Morgan fingerprint density at radius 2 is 2.22 bits per heavy atom. The van der Waals surface area contributed by atoms with Crippen molar-refractivity contribution < 1.29 is 18.5 Å². The number of fused-ring (bicyclic) bond motifs is 1. The summed E-state index contributed by atoms with van der Waals surface area (Å²) in [5.74, 6) is 1.35. The highest BCUT2D eigenvalue weighted by atomic mass is 16.5. The van der Waals surface area contributed by atoms with Gasteiger partial charge in [0.05, 0.1) is 6.61 Å². The number of carbonyl (C=O) groups excluding carboxylic acids is 1. The van der Waals surface area contributed by atoms with Crippen LogP contribution in [0.5, 0.6) is 0 Å². The second kappa shape index (κ2) is 7.15. The Kier molecular flexibility index (Phi) is 4.70. The number of hydrogen-bond acceptors (Lipinski definition) is 6. The molecule has 1 atom stereocenters. The van der Waals surface area contributed by atoms with E-state index >= 15 is 0 Å². The molecule has 3 aromatic rings. The first-order valence-corrected chi connectivity index (χ1v) is 9.20. The molecule has 0 aliphatic carbocycles. The minimum Gasteiger partial charge on any atom is -0.451 e. The monoisotopic (exact) mass is 369 g/mol. The Morgan fingerprint density at radius 1 is 1.37 bits per heavy atom. The average molecular weight is 369 g/mol. The minimum atomic E-state index is -0.212. The van der Waals surface area contributed by atoms with E-state index in [1.165, 1.54) is 0 Å². The van der Waals surface area contributed by atoms with Gasteiger partial charge in [0.1, 0.15) is 11.6 Å². The van der Waals surface area contributed by atoms with Crippen molar-refractivity contribution in [2.75, 3.05) is 20.3 Å². The van der Waals surface area contributed by atoms with Gasteiger partial charge in [0.25, 0.3) is 5.91 Å². The topological polar surface area (TPSA) is 81.6 Å². The minimum absolute atomic E-state index is 0.125. The number of methoxy groups -OCH3 is 1. The molecule has 0 saturated carbocycles. The van der Waals surface area contributed by atoms with E-state index in [2.05, 4.69) is 10.1 Å². The zero-order chi connectivity index (χ0) is 19.0. The highest BCUT2D eigenvalue weighted by Gasteiger charge is 2.36. The molecule has 0 N–H and O–H groups in total. The highest BCUT2D eigenvalue weighted by Crippen LogP contribution is 2.34. The summed E-state index contributed by atoms with van der Waals surface area (Å²) < 4.78 is 16.4. The summed E-state index contributed by atoms with van der Waals surface area (Å²) in [4.78, 5) is 19.4. The standard InChI is InChI=1S/C20H23N3O4/c1-12-6-7-14-13(2)18(26-16(14)11-12)20(24)23-9-4-5-15(23)19-21-17(22-27-19)8-10-25-3/h6-7,11,15H,4-5,8-10H2,1-3H3/t15-/m0/s1. The van der Waals surface area contributed by atoms with Crippen LogP contribution in [-0.2, 0) is 11.2 Å². The highest BCUT2D eigenvalue weighted by molar-refractivity contribution is 5.99. The third-order valence-corrected chi connectivity index (χ3v) is 5.10. The summed E-state index contributed by atoms with van der Waals surface area (Å²) in [6, 6.07) is 5.77. The van der Waals surface area contributed by atoms with Crippen molar-refractivity contribution in [2.24, 2.45) is 0 Å². The van der Waals surface area contributed by atoms with Crippen LogP contribution in [0.15, 0.2) is 27.1 Å². The molecule has 7 heteroatoms. The smallest absolute Gasteiger partial charge is 0.290 e. The number of amides is 1. The summed E-state index contributed by atoms with van der Waals surface area (Å²) in [5.41, 5.74) is 2.71. The lowest BCUT2D eigenvalue weighted by atomic mass is 10.1. The lowest BCUT2D eigenvalue weighted by molar-refractivity contribution is 0.0679. The maximum atomic E-state index is 13.2. The van der Waals surface area contributed by atoms with Gasteiger partial charge in [-0.2, -0.15) is 4.98 Å². The van der Waals surface area contributed by atoms with E-state index in [4.69, 9.17) is 13.7 Å². The van der Waals surface area contributed by atoms with Crippen LogP contribution in [0, 0.1) is 13.8 Å². The Balaban J connectivity index is 1.61. The Labute approximate surface area is 157 Å². The van der Waals surface area contributed by atoms with Crippen LogP contribution in [-0.4, -0.2) is 41.2 Å². The lowest BCUT2D eigenvalue weighted by Crippen LogP contribution is -2.30. The molecule has 142 valence electrons. The van der Waals surface area contributed by atoms with Gasteiger partial charge in [-0.25, -0.2) is 0 Å². The van der Waals surface area contributed by atoms with E-state index in [0.717, 1.165) is 34.9 Å². The number of aryl methyl sites for hydroxylation is 2. The van der Waals surface area contributed by atoms with Crippen LogP contribution < -0.4 is 0 Å². The molecule has 27 heavy (non-hydrogen) atoms. The number of rotatable bonds is 5. The molecule has 1 amide bonds. The van der Waals surface area contributed by atoms with Gasteiger partial charge in [-0.15, -0.1) is 0 Å². The van der Waals surface area contributed by atoms with Gasteiger partial charge < -0.3 is 18.6 Å². The second-order valence-electron chi connectivity index (χ2n) is 7.00. The molecule has 4 rings (SSSR count). The number of furan rings is 1. The van der Waals surface area contributed by atoms with Crippen molar-refractivity contribution in [3.05, 3.63) is 46.8 Å². The predicted octanol–water partition coefficient (Wildman–Crippen LogP) is 3.60. The third-order valence-electron chi connectivity index (χ3n) is 5.10. The van der Waals surface area contributed by atoms with Crippen LogP contribution >= 0.6 is 0 Å². The summed E-state index contributed by atoms with van der Waals surface area (Å²) in [5, 5.41) is 4.97. The molecule has 0 unspecified atom stereocenters. The van der Waals surface area contributed by atoms with Gasteiger partial charge in [0, 0.05) is 31.0 Å². The van der Waals surface area contributed by atoms with Crippen LogP contribution in [0.1, 0.15) is 52.3 Å². The van der Waals surface area contributed by atoms with E-state index in [-0.39, 0.29) is 11.9 Å². The first kappa shape index (κ1) is 17.7. The molecular weight excluding hydrogens is 346 g/mol. The molecule has 0 bridgehead atoms. The van der Waals surface area contributed by atoms with Crippen molar-refractivity contribution in [1.29, 1.82) is 0 Å². The molecule has 1 aliphatic heterocycles. The van der Waals surface area contributed by atoms with Crippen molar-refractivity contribution in [2.45, 2.75) is 39.2 Å². The quantitative estimate of drug-likeness (QED) is 0.683. The van der Waals surface area contributed by atoms with Crippen LogP contribution in [0.2, 0.25) is 0 Å². The maximum Gasteiger partial charge on any atom is 0.290 e. The van der Waals surface area contributed by atoms with Gasteiger partial charge >= 0.3 is 0 Å². The molecule has 7 nitrogen and oxygen atoms in total. The van der Waals surface area contributed by atoms with Crippen LogP contribution in [0.4, 0.5) is 0 Å². The molecule has 3 heterocycles. The lowest BCUT2D eigenvalue weighted by Gasteiger charge is -2.20. The summed E-state index contributed by atoms with van der Waals surface area (Å²) in [6.45, 7) is 5.11. The number of benzene rings is 1. The molecule has 1 fully saturated rings. The fraction of sp³-hybridized carbons (Fsp3) is 0.450. The number of nitrogens with zero attached hydrogens (tertiary/aromatic N) is 3. The van der Waals surface area contributed by atoms with Gasteiger partial charge in [0.2, 0.25) is 5.89 Å². The van der Waals surface area contributed by atoms with Crippen LogP contribution in [0.3, 0.4) is 0 Å². The predicted molar refractivity (Wildman–Crippen MR) is 98.6 cm³/mol. The average Bonchev–Trinajstić information content (AvgIpc) is 3.37. The van der Waals surface area contributed by atoms with Crippen LogP contribution in [0.25, 0.3) is 11.0 Å². The fourth-order valence-electron chi connectivity index (χ4n) is 3.63. The first-order valence-electron chi connectivity index (χ1n) is 9.20. The van der Waals surface area contributed by atoms with Crippen molar-refractivity contribution >= 4 is 16.9 Å². The largest absolute Gasteiger partial charge is 0.451 e. The molecule has 2 aromatic heterocycles. The van der Waals surface area contributed by atoms with E-state index in [1.807, 2.05) is 32.0 Å². The second-order valence-corrected chi connectivity index (χ2v) is 7.00. The number of aromatic nitrogens is 2. The zero-order valence-electron chi connectivity index (χ0n) is 15.8. The molecule has 1 aliphatic rings. The molecule has 0 spiro atoms. The maximum absolute atomic E-state index is 13.2. The van der Waals surface area contributed by atoms with E-state index in [1.54, 1.807) is 12.0 Å². The SMILES string of the molecule is COCCc1noc([C@@H]2CCCN2C(=O)c2oc3cc(C)ccc3c2C)n1. The number of hydrogen-bond donors (Lipinski definition) is 0. The van der Waals surface area contributed by atoms with Gasteiger partial charge in [-0.05, 0) is 38.3 Å². The Hall–Kier alpha value is -2.67. The molecule has 1 aromatic carbocycles. The fourth-order valence-corrected chi connectivity index (χ4v) is 3.63. The molecule has 1 saturated heterocycles. The van der Waals surface area contributed by atoms with Crippen molar-refractivity contribution in [3.8, 4) is 0 Å². The Morgan fingerprint density at radius 3 is 3.04 bits per heavy atom. The first-order chi connectivity index (χ1) is 13.1. The Bertz CT molecular complexity index is 975. The van der Waals surface area contributed by atoms with E-state index in [0.29, 0.717) is 37.0 Å². The number of carbonyl (C=O) groups is 1. The molecule has 0 radical (unpaired) electrons. The van der Waals surface area contributed by atoms with Gasteiger partial charge in [0.15, 0.2) is 11.6 Å². The van der Waals surface area contributed by atoms with E-state index < -0.39 is 0 Å². The number of ether oxygens (including phenoxy) is 1.